The molecule has 1 aromatic rings. The number of hydrogen-bond donors (Lipinski definition) is 2. The molecule has 1 spiro atoms. The number of benzene rings is 1. The zero-order chi connectivity index (χ0) is 16.8. The van der Waals surface area contributed by atoms with Crippen LogP contribution in [0.1, 0.15) is 50.1 Å². The Morgan fingerprint density at radius 1 is 1.33 bits per heavy atom. The average molecular weight is 348 g/mol. The monoisotopic (exact) mass is 347 g/mol. The second-order valence-electron chi connectivity index (χ2n) is 6.78. The van der Waals surface area contributed by atoms with E-state index in [-0.39, 0.29) is 11.6 Å². The molecule has 1 atom stereocenters. The van der Waals surface area contributed by atoms with Gasteiger partial charge in [-0.3, -0.25) is 4.99 Å². The highest BCUT2D eigenvalue weighted by Crippen LogP contribution is 2.46. The van der Waals surface area contributed by atoms with E-state index in [1.807, 2.05) is 18.8 Å². The van der Waals surface area contributed by atoms with Crippen molar-refractivity contribution < 1.29 is 4.74 Å². The summed E-state index contributed by atoms with van der Waals surface area (Å²) in [5.74, 6) is 3.11. The molecule has 1 aliphatic heterocycles. The van der Waals surface area contributed by atoms with Gasteiger partial charge in [0.1, 0.15) is 11.4 Å². The normalized spacial score (nSPS) is 22.1. The summed E-state index contributed by atoms with van der Waals surface area (Å²) in [7, 11) is 1.85. The Bertz CT molecular complexity index is 569. The highest BCUT2D eigenvalue weighted by molar-refractivity contribution is 7.98. The third-order valence-corrected chi connectivity index (χ3v) is 5.76. The smallest absolute Gasteiger partial charge is 0.191 e. The van der Waals surface area contributed by atoms with Crippen molar-refractivity contribution in [2.75, 3.05) is 25.6 Å². The molecule has 0 saturated heterocycles. The van der Waals surface area contributed by atoms with Gasteiger partial charge in [0, 0.05) is 25.6 Å². The molecule has 1 heterocycles. The van der Waals surface area contributed by atoms with Crippen molar-refractivity contribution in [2.24, 2.45) is 4.99 Å². The summed E-state index contributed by atoms with van der Waals surface area (Å²) in [6, 6.07) is 8.71. The molecule has 0 bridgehead atoms. The molecular formula is C19H29N3OS. The van der Waals surface area contributed by atoms with Crippen molar-refractivity contribution in [3.8, 4) is 5.75 Å². The summed E-state index contributed by atoms with van der Waals surface area (Å²) in [5.41, 5.74) is 1.27. The molecule has 1 aliphatic carbocycles. The van der Waals surface area contributed by atoms with Crippen LogP contribution in [-0.4, -0.2) is 37.2 Å². The summed E-state index contributed by atoms with van der Waals surface area (Å²) < 4.78 is 6.44. The number of thioether (sulfide) groups is 1. The van der Waals surface area contributed by atoms with Gasteiger partial charge in [-0.05, 0) is 50.2 Å². The fraction of sp³-hybridized carbons (Fsp3) is 0.632. The number of para-hydroxylation sites is 1. The minimum absolute atomic E-state index is 0.0176. The van der Waals surface area contributed by atoms with Crippen LogP contribution in [0.15, 0.2) is 29.3 Å². The predicted octanol–water partition coefficient (Wildman–Crippen LogP) is 3.74. The van der Waals surface area contributed by atoms with E-state index in [0.717, 1.165) is 31.1 Å². The fourth-order valence-electron chi connectivity index (χ4n) is 3.86. The number of guanidine groups is 1. The quantitative estimate of drug-likeness (QED) is 0.484. The van der Waals surface area contributed by atoms with Crippen LogP contribution in [0.4, 0.5) is 0 Å². The van der Waals surface area contributed by atoms with Gasteiger partial charge in [-0.25, -0.2) is 0 Å². The van der Waals surface area contributed by atoms with E-state index in [0.29, 0.717) is 0 Å². The van der Waals surface area contributed by atoms with Gasteiger partial charge in [-0.1, -0.05) is 18.2 Å². The van der Waals surface area contributed by atoms with Gasteiger partial charge in [0.15, 0.2) is 5.96 Å². The fourth-order valence-corrected chi connectivity index (χ4v) is 4.29. The molecule has 4 nitrogen and oxygen atoms in total. The molecule has 2 N–H and O–H groups in total. The third-order valence-electron chi connectivity index (χ3n) is 5.06. The largest absolute Gasteiger partial charge is 0.487 e. The number of hydrogen-bond acceptors (Lipinski definition) is 3. The van der Waals surface area contributed by atoms with Crippen LogP contribution in [0, 0.1) is 0 Å². The van der Waals surface area contributed by atoms with Gasteiger partial charge in [-0.2, -0.15) is 11.8 Å². The van der Waals surface area contributed by atoms with E-state index < -0.39 is 0 Å². The Balaban J connectivity index is 1.71. The highest BCUT2D eigenvalue weighted by atomic mass is 32.2. The van der Waals surface area contributed by atoms with Crippen molar-refractivity contribution in [1.82, 2.24) is 10.6 Å². The standard InChI is InChI=1S/C19H29N3OS/c1-20-18(21-12-7-13-24-2)22-16-14-19(10-5-6-11-19)23-17-9-4-3-8-15(16)17/h3-4,8-9,16H,5-7,10-14H2,1-2H3,(H2,20,21,22). The Morgan fingerprint density at radius 2 is 2.12 bits per heavy atom. The van der Waals surface area contributed by atoms with Gasteiger partial charge in [0.2, 0.25) is 0 Å². The molecule has 2 aliphatic rings. The molecule has 3 rings (SSSR count). The van der Waals surface area contributed by atoms with Crippen LogP contribution in [0.25, 0.3) is 0 Å². The second kappa shape index (κ2) is 8.15. The first kappa shape index (κ1) is 17.5. The topological polar surface area (TPSA) is 45.7 Å². The minimum Gasteiger partial charge on any atom is -0.487 e. The number of fused-ring (bicyclic) bond motifs is 1. The van der Waals surface area contributed by atoms with Crippen LogP contribution in [-0.2, 0) is 0 Å². The molecule has 0 amide bonds. The number of nitrogens with zero attached hydrogens (tertiary/aromatic N) is 1. The first-order chi connectivity index (χ1) is 11.8. The van der Waals surface area contributed by atoms with E-state index in [1.54, 1.807) is 0 Å². The van der Waals surface area contributed by atoms with Gasteiger partial charge >= 0.3 is 0 Å². The SMILES string of the molecule is CN=C(NCCCSC)NC1CC2(CCCC2)Oc2ccccc21. The Labute approximate surface area is 149 Å². The van der Waals surface area contributed by atoms with E-state index in [1.165, 1.54) is 37.0 Å². The Kier molecular flexibility index (Phi) is 5.93. The van der Waals surface area contributed by atoms with Crippen LogP contribution in [0.2, 0.25) is 0 Å². The van der Waals surface area contributed by atoms with Crippen molar-refractivity contribution in [2.45, 2.75) is 50.2 Å². The Morgan fingerprint density at radius 3 is 2.88 bits per heavy atom. The lowest BCUT2D eigenvalue weighted by Crippen LogP contribution is -2.46. The van der Waals surface area contributed by atoms with Crippen molar-refractivity contribution in [3.63, 3.8) is 0 Å². The lowest BCUT2D eigenvalue weighted by Gasteiger charge is -2.40. The molecule has 5 heteroatoms. The first-order valence-corrected chi connectivity index (χ1v) is 10.4. The minimum atomic E-state index is 0.0176. The number of rotatable bonds is 5. The summed E-state index contributed by atoms with van der Waals surface area (Å²) in [5, 5.41) is 7.09. The van der Waals surface area contributed by atoms with Gasteiger partial charge in [0.05, 0.1) is 6.04 Å². The number of ether oxygens (including phenoxy) is 1. The molecular weight excluding hydrogens is 318 g/mol. The molecule has 132 valence electrons. The van der Waals surface area contributed by atoms with E-state index in [2.05, 4.69) is 46.1 Å². The van der Waals surface area contributed by atoms with Crippen molar-refractivity contribution in [1.29, 1.82) is 0 Å². The number of aliphatic imine (C=N–C) groups is 1. The first-order valence-electron chi connectivity index (χ1n) is 9.00. The summed E-state index contributed by atoms with van der Waals surface area (Å²) >= 11 is 1.88. The van der Waals surface area contributed by atoms with Gasteiger partial charge in [0.25, 0.3) is 0 Å². The maximum atomic E-state index is 6.44. The molecule has 1 unspecified atom stereocenters. The van der Waals surface area contributed by atoms with Crippen LogP contribution in [0.5, 0.6) is 5.75 Å². The summed E-state index contributed by atoms with van der Waals surface area (Å²) in [6.45, 7) is 0.955. The Hall–Kier alpha value is -1.36. The molecule has 1 saturated carbocycles. The average Bonchev–Trinajstić information content (AvgIpc) is 3.05. The maximum Gasteiger partial charge on any atom is 0.191 e. The second-order valence-corrected chi connectivity index (χ2v) is 7.76. The summed E-state index contributed by atoms with van der Waals surface area (Å²) in [4.78, 5) is 4.41. The lowest BCUT2D eigenvalue weighted by atomic mass is 9.86. The number of nitrogens with one attached hydrogen (secondary N) is 2. The molecule has 1 fully saturated rings. The van der Waals surface area contributed by atoms with Crippen molar-refractivity contribution >= 4 is 17.7 Å². The summed E-state index contributed by atoms with van der Waals surface area (Å²) in [6.07, 6.45) is 9.20. The zero-order valence-electron chi connectivity index (χ0n) is 14.8. The van der Waals surface area contributed by atoms with E-state index >= 15 is 0 Å². The lowest BCUT2D eigenvalue weighted by molar-refractivity contribution is 0.0396. The molecule has 1 aromatic carbocycles. The van der Waals surface area contributed by atoms with E-state index in [9.17, 15) is 0 Å². The molecule has 24 heavy (non-hydrogen) atoms. The van der Waals surface area contributed by atoms with E-state index in [4.69, 9.17) is 4.74 Å². The highest BCUT2D eigenvalue weighted by Gasteiger charge is 2.43. The zero-order valence-corrected chi connectivity index (χ0v) is 15.6. The van der Waals surface area contributed by atoms with Crippen LogP contribution < -0.4 is 15.4 Å². The molecule has 0 radical (unpaired) electrons. The predicted molar refractivity (Wildman–Crippen MR) is 103 cm³/mol. The van der Waals surface area contributed by atoms with Gasteiger partial charge in [-0.15, -0.1) is 0 Å². The van der Waals surface area contributed by atoms with Crippen molar-refractivity contribution in [3.05, 3.63) is 29.8 Å². The molecule has 0 aromatic heterocycles. The third kappa shape index (κ3) is 4.00. The van der Waals surface area contributed by atoms with Gasteiger partial charge < -0.3 is 15.4 Å². The van der Waals surface area contributed by atoms with Crippen LogP contribution in [0.3, 0.4) is 0 Å². The van der Waals surface area contributed by atoms with Crippen LogP contribution >= 0.6 is 11.8 Å². The maximum absolute atomic E-state index is 6.44.